The van der Waals surface area contributed by atoms with Gasteiger partial charge in [0.05, 0.1) is 16.8 Å². The number of aryl methyl sites for hydroxylation is 1. The molecule has 2 aromatic carbocycles. The molecule has 0 heterocycles. The molecular formula is C19H23NO3S. The molecule has 1 saturated carbocycles. The second-order valence-electron chi connectivity index (χ2n) is 6.54. The van der Waals surface area contributed by atoms with Crippen molar-refractivity contribution in [2.45, 2.75) is 23.0 Å². The minimum absolute atomic E-state index is 0.144. The first-order valence-electron chi connectivity index (χ1n) is 8.02. The van der Waals surface area contributed by atoms with Crippen molar-refractivity contribution in [3.8, 4) is 0 Å². The van der Waals surface area contributed by atoms with Gasteiger partial charge in [0.2, 0.25) is 0 Å². The van der Waals surface area contributed by atoms with Crippen LogP contribution in [-0.2, 0) is 14.6 Å². The van der Waals surface area contributed by atoms with Gasteiger partial charge in [0, 0.05) is 25.0 Å². The van der Waals surface area contributed by atoms with Gasteiger partial charge in [-0.3, -0.25) is 0 Å². The highest BCUT2D eigenvalue weighted by molar-refractivity contribution is 7.92. The number of hydrogen-bond donors (Lipinski definition) is 1. The summed E-state index contributed by atoms with van der Waals surface area (Å²) >= 11 is 0. The second-order valence-corrected chi connectivity index (χ2v) is 8.61. The van der Waals surface area contributed by atoms with E-state index < -0.39 is 20.5 Å². The molecule has 24 heavy (non-hydrogen) atoms. The van der Waals surface area contributed by atoms with E-state index in [9.17, 15) is 8.42 Å². The number of ether oxygens (including phenoxy) is 1. The van der Waals surface area contributed by atoms with Crippen LogP contribution in [0.5, 0.6) is 0 Å². The maximum absolute atomic E-state index is 13.2. The highest BCUT2D eigenvalue weighted by atomic mass is 32.2. The predicted octanol–water partition coefficient (Wildman–Crippen LogP) is 2.53. The minimum atomic E-state index is -3.48. The summed E-state index contributed by atoms with van der Waals surface area (Å²) in [6.45, 7) is 2.55. The van der Waals surface area contributed by atoms with Crippen molar-refractivity contribution < 1.29 is 13.2 Å². The fourth-order valence-corrected chi connectivity index (χ4v) is 6.17. The van der Waals surface area contributed by atoms with Crippen LogP contribution in [0.1, 0.15) is 17.0 Å². The normalized spacial score (nSPS) is 26.3. The predicted molar refractivity (Wildman–Crippen MR) is 94.7 cm³/mol. The summed E-state index contributed by atoms with van der Waals surface area (Å²) in [5, 5.41) is -0.556. The molecule has 0 spiro atoms. The van der Waals surface area contributed by atoms with E-state index in [0.717, 1.165) is 11.1 Å². The molecule has 0 aliphatic heterocycles. The van der Waals surface area contributed by atoms with E-state index in [1.807, 2.05) is 49.4 Å². The average molecular weight is 345 g/mol. The minimum Gasteiger partial charge on any atom is -0.384 e. The third-order valence-corrected chi connectivity index (χ3v) is 7.35. The van der Waals surface area contributed by atoms with Crippen molar-refractivity contribution in [1.82, 2.24) is 0 Å². The van der Waals surface area contributed by atoms with Crippen molar-refractivity contribution in [2.75, 3.05) is 20.3 Å². The Morgan fingerprint density at radius 2 is 1.71 bits per heavy atom. The highest BCUT2D eigenvalue weighted by Gasteiger charge is 2.70. The molecule has 2 N–H and O–H groups in total. The van der Waals surface area contributed by atoms with Crippen LogP contribution in [0.4, 0.5) is 0 Å². The highest BCUT2D eigenvalue weighted by Crippen LogP contribution is 2.63. The fraction of sp³-hybridized carbons (Fsp3) is 0.368. The Balaban J connectivity index is 2.05. The SMILES string of the molecule is COCC1(CN)C(c2ccccc2)C1S(=O)(=O)c1ccc(C)cc1. The molecule has 0 saturated heterocycles. The summed E-state index contributed by atoms with van der Waals surface area (Å²) in [5.41, 5.74) is 7.49. The Kier molecular flexibility index (Phi) is 4.51. The van der Waals surface area contributed by atoms with Crippen LogP contribution >= 0.6 is 0 Å². The molecule has 5 heteroatoms. The molecule has 3 unspecified atom stereocenters. The summed E-state index contributed by atoms with van der Waals surface area (Å²) in [6.07, 6.45) is 0. The van der Waals surface area contributed by atoms with Crippen molar-refractivity contribution in [3.05, 3.63) is 65.7 Å². The molecular weight excluding hydrogens is 322 g/mol. The molecule has 0 aromatic heterocycles. The molecule has 1 fully saturated rings. The van der Waals surface area contributed by atoms with Gasteiger partial charge in [-0.1, -0.05) is 48.0 Å². The molecule has 0 radical (unpaired) electrons. The summed E-state index contributed by atoms with van der Waals surface area (Å²) in [5.74, 6) is -0.144. The van der Waals surface area contributed by atoms with Crippen LogP contribution < -0.4 is 5.73 Å². The van der Waals surface area contributed by atoms with Crippen LogP contribution in [0, 0.1) is 12.3 Å². The Labute approximate surface area is 143 Å². The van der Waals surface area contributed by atoms with Gasteiger partial charge in [-0.15, -0.1) is 0 Å². The summed E-state index contributed by atoms with van der Waals surface area (Å²) in [6, 6.07) is 16.7. The molecule has 2 aromatic rings. The summed E-state index contributed by atoms with van der Waals surface area (Å²) in [4.78, 5) is 0.352. The van der Waals surface area contributed by atoms with E-state index in [-0.39, 0.29) is 12.5 Å². The summed E-state index contributed by atoms with van der Waals surface area (Å²) < 4.78 is 31.8. The zero-order valence-electron chi connectivity index (χ0n) is 14.0. The quantitative estimate of drug-likeness (QED) is 0.873. The van der Waals surface area contributed by atoms with Crippen LogP contribution in [0.25, 0.3) is 0 Å². The third-order valence-electron chi connectivity index (χ3n) is 5.02. The van der Waals surface area contributed by atoms with E-state index in [4.69, 9.17) is 10.5 Å². The van der Waals surface area contributed by atoms with Gasteiger partial charge >= 0.3 is 0 Å². The Morgan fingerprint density at radius 1 is 1.08 bits per heavy atom. The first-order chi connectivity index (χ1) is 11.5. The summed E-state index contributed by atoms with van der Waals surface area (Å²) in [7, 11) is -1.89. The lowest BCUT2D eigenvalue weighted by Crippen LogP contribution is -2.28. The van der Waals surface area contributed by atoms with Crippen LogP contribution in [0.3, 0.4) is 0 Å². The molecule has 128 valence electrons. The van der Waals surface area contributed by atoms with E-state index in [2.05, 4.69) is 0 Å². The second kappa shape index (κ2) is 6.31. The Hall–Kier alpha value is -1.69. The van der Waals surface area contributed by atoms with Crippen LogP contribution in [0.2, 0.25) is 0 Å². The van der Waals surface area contributed by atoms with Gasteiger partial charge in [0.15, 0.2) is 9.84 Å². The standard InChI is InChI=1S/C19H23NO3S/c1-14-8-10-16(11-9-14)24(21,22)18-17(15-6-4-3-5-7-15)19(18,12-20)13-23-2/h3-11,17-18H,12-13,20H2,1-2H3. The number of methoxy groups -OCH3 is 1. The molecule has 1 aliphatic rings. The third kappa shape index (κ3) is 2.66. The molecule has 0 amide bonds. The number of sulfone groups is 1. The lowest BCUT2D eigenvalue weighted by molar-refractivity contribution is 0.142. The van der Waals surface area contributed by atoms with Gasteiger partial charge in [0.1, 0.15) is 0 Å². The molecule has 0 bridgehead atoms. The van der Waals surface area contributed by atoms with Gasteiger partial charge in [-0.05, 0) is 24.6 Å². The van der Waals surface area contributed by atoms with E-state index in [1.165, 1.54) is 0 Å². The lowest BCUT2D eigenvalue weighted by Gasteiger charge is -2.15. The van der Waals surface area contributed by atoms with Gasteiger partial charge in [-0.25, -0.2) is 8.42 Å². The van der Waals surface area contributed by atoms with E-state index >= 15 is 0 Å². The largest absolute Gasteiger partial charge is 0.384 e. The smallest absolute Gasteiger partial charge is 0.182 e. The average Bonchev–Trinajstić information content (AvgIpc) is 3.26. The number of nitrogens with two attached hydrogens (primary N) is 1. The van der Waals surface area contributed by atoms with Gasteiger partial charge < -0.3 is 10.5 Å². The number of hydrogen-bond acceptors (Lipinski definition) is 4. The first kappa shape index (κ1) is 17.1. The maximum atomic E-state index is 13.2. The first-order valence-corrected chi connectivity index (χ1v) is 9.56. The molecule has 3 atom stereocenters. The number of rotatable bonds is 6. The van der Waals surface area contributed by atoms with Crippen molar-refractivity contribution in [2.24, 2.45) is 11.1 Å². The zero-order valence-corrected chi connectivity index (χ0v) is 14.8. The fourth-order valence-electron chi connectivity index (χ4n) is 3.73. The number of benzene rings is 2. The Morgan fingerprint density at radius 3 is 2.25 bits per heavy atom. The maximum Gasteiger partial charge on any atom is 0.182 e. The molecule has 4 nitrogen and oxygen atoms in total. The monoisotopic (exact) mass is 345 g/mol. The zero-order chi connectivity index (χ0) is 17.4. The van der Waals surface area contributed by atoms with Crippen molar-refractivity contribution >= 4 is 9.84 Å². The van der Waals surface area contributed by atoms with Crippen LogP contribution in [-0.4, -0.2) is 33.9 Å². The van der Waals surface area contributed by atoms with Gasteiger partial charge in [0.25, 0.3) is 0 Å². The van der Waals surface area contributed by atoms with E-state index in [1.54, 1.807) is 19.2 Å². The van der Waals surface area contributed by atoms with Crippen molar-refractivity contribution in [3.63, 3.8) is 0 Å². The van der Waals surface area contributed by atoms with Crippen LogP contribution in [0.15, 0.2) is 59.5 Å². The molecule has 3 rings (SSSR count). The lowest BCUT2D eigenvalue weighted by atomic mass is 10.0. The Bertz CT molecular complexity index is 802. The van der Waals surface area contributed by atoms with Gasteiger partial charge in [-0.2, -0.15) is 0 Å². The molecule has 1 aliphatic carbocycles. The topological polar surface area (TPSA) is 69.4 Å². The van der Waals surface area contributed by atoms with Crippen molar-refractivity contribution in [1.29, 1.82) is 0 Å². The van der Waals surface area contributed by atoms with E-state index in [0.29, 0.717) is 11.5 Å².